The molecule has 0 unspecified atom stereocenters. The van der Waals surface area contributed by atoms with Crippen LogP contribution in [0.4, 0.5) is 0 Å². The van der Waals surface area contributed by atoms with Crippen molar-refractivity contribution < 1.29 is 9.26 Å². The molecule has 1 fully saturated rings. The number of rotatable bonds is 8. The average molecular weight is 451 g/mol. The Morgan fingerprint density at radius 2 is 2.08 bits per heavy atom. The molecule has 1 aliphatic carbocycles. The van der Waals surface area contributed by atoms with E-state index in [1.165, 1.54) is 32.1 Å². The number of guanidine groups is 1. The van der Waals surface area contributed by atoms with Crippen LogP contribution in [0.2, 0.25) is 0 Å². The van der Waals surface area contributed by atoms with E-state index in [2.05, 4.69) is 25.8 Å². The van der Waals surface area contributed by atoms with Crippen LogP contribution in [0.15, 0.2) is 9.52 Å². The fraction of sp³-hybridized carbons (Fsp3) is 0.812. The molecule has 0 spiro atoms. The first-order valence-corrected chi connectivity index (χ1v) is 8.71. The second-order valence-electron chi connectivity index (χ2n) is 5.84. The smallest absolute Gasteiger partial charge is 0.223 e. The molecule has 0 bridgehead atoms. The van der Waals surface area contributed by atoms with Gasteiger partial charge in [-0.3, -0.25) is 0 Å². The minimum Gasteiger partial charge on any atom is -0.378 e. The minimum absolute atomic E-state index is 0. The van der Waals surface area contributed by atoms with Gasteiger partial charge in [-0.2, -0.15) is 4.98 Å². The van der Waals surface area contributed by atoms with E-state index in [-0.39, 0.29) is 24.0 Å². The van der Waals surface area contributed by atoms with E-state index in [0.717, 1.165) is 32.1 Å². The number of hydrogen-bond donors (Lipinski definition) is 2. The first-order chi connectivity index (χ1) is 11.3. The van der Waals surface area contributed by atoms with Crippen LogP contribution in [0.25, 0.3) is 0 Å². The van der Waals surface area contributed by atoms with Gasteiger partial charge in [-0.1, -0.05) is 24.4 Å². The average Bonchev–Trinajstić information content (AvgIpc) is 2.98. The Hall–Kier alpha value is -0.900. The maximum atomic E-state index is 5.92. The first-order valence-electron chi connectivity index (χ1n) is 8.71. The summed E-state index contributed by atoms with van der Waals surface area (Å²) < 4.78 is 10.9. The van der Waals surface area contributed by atoms with E-state index in [0.29, 0.717) is 24.4 Å². The van der Waals surface area contributed by atoms with Gasteiger partial charge in [0.2, 0.25) is 5.89 Å². The van der Waals surface area contributed by atoms with Gasteiger partial charge in [-0.15, -0.1) is 24.0 Å². The molecule has 2 rings (SSSR count). The van der Waals surface area contributed by atoms with E-state index in [9.17, 15) is 0 Å². The molecule has 138 valence electrons. The molecule has 2 N–H and O–H groups in total. The van der Waals surface area contributed by atoms with Crippen molar-refractivity contribution in [3.8, 4) is 0 Å². The second-order valence-corrected chi connectivity index (χ2v) is 5.84. The highest BCUT2D eigenvalue weighted by Gasteiger charge is 2.12. The maximum absolute atomic E-state index is 5.92. The lowest BCUT2D eigenvalue weighted by atomic mass is 9.98. The Kier molecular flexibility index (Phi) is 11.0. The van der Waals surface area contributed by atoms with Gasteiger partial charge in [0.05, 0.1) is 6.10 Å². The quantitative estimate of drug-likeness (QED) is 0.274. The van der Waals surface area contributed by atoms with Gasteiger partial charge in [-0.25, -0.2) is 4.99 Å². The third kappa shape index (κ3) is 8.27. The lowest BCUT2D eigenvalue weighted by molar-refractivity contribution is 0.0277. The van der Waals surface area contributed by atoms with E-state index in [1.54, 1.807) is 6.92 Å². The molecule has 0 aromatic carbocycles. The molecule has 8 heteroatoms. The summed E-state index contributed by atoms with van der Waals surface area (Å²) in [6.07, 6.45) is 7.90. The number of aliphatic imine (C=N–C) groups is 1. The summed E-state index contributed by atoms with van der Waals surface area (Å²) >= 11 is 0. The van der Waals surface area contributed by atoms with Gasteiger partial charge in [0.25, 0.3) is 0 Å². The summed E-state index contributed by atoms with van der Waals surface area (Å²) in [5.74, 6) is 1.93. The molecule has 0 aliphatic heterocycles. The number of hydrogen-bond acceptors (Lipinski definition) is 5. The Morgan fingerprint density at radius 3 is 2.75 bits per heavy atom. The standard InChI is InChI=1S/C16H29N5O2.HI/c1-3-17-16(19-12-15-20-13(2)23-21-15)18-10-7-11-22-14-8-5-4-6-9-14;/h14H,3-12H2,1-2H3,(H2,17,18,19);1H. The minimum atomic E-state index is 0. The molecule has 0 amide bonds. The summed E-state index contributed by atoms with van der Waals surface area (Å²) in [5, 5.41) is 10.4. The monoisotopic (exact) mass is 451 g/mol. The highest BCUT2D eigenvalue weighted by Crippen LogP contribution is 2.20. The molecule has 1 saturated carbocycles. The Labute approximate surface area is 161 Å². The summed E-state index contributed by atoms with van der Waals surface area (Å²) in [6.45, 7) is 6.68. The van der Waals surface area contributed by atoms with Crippen LogP contribution in [0.1, 0.15) is 57.2 Å². The van der Waals surface area contributed by atoms with E-state index >= 15 is 0 Å². The topological polar surface area (TPSA) is 84.6 Å². The molecule has 24 heavy (non-hydrogen) atoms. The molecule has 0 saturated heterocycles. The molecule has 1 aliphatic rings. The Bertz CT molecular complexity index is 475. The lowest BCUT2D eigenvalue weighted by Gasteiger charge is -2.22. The largest absolute Gasteiger partial charge is 0.378 e. The summed E-state index contributed by atoms with van der Waals surface area (Å²) in [4.78, 5) is 8.60. The zero-order chi connectivity index (χ0) is 16.3. The third-order valence-corrected chi connectivity index (χ3v) is 3.81. The molecule has 7 nitrogen and oxygen atoms in total. The van der Waals surface area contributed by atoms with Crippen molar-refractivity contribution in [2.75, 3.05) is 19.7 Å². The molecular formula is C16H30IN5O2. The van der Waals surface area contributed by atoms with Crippen LogP contribution in [-0.4, -0.2) is 41.9 Å². The molecule has 1 aromatic rings. The van der Waals surface area contributed by atoms with Crippen molar-refractivity contribution in [3.05, 3.63) is 11.7 Å². The Balaban J connectivity index is 0.00000288. The zero-order valence-electron chi connectivity index (χ0n) is 14.7. The predicted octanol–water partition coefficient (Wildman–Crippen LogP) is 2.79. The SMILES string of the molecule is CCNC(=NCc1noc(C)n1)NCCCOC1CCCCC1.I. The highest BCUT2D eigenvalue weighted by molar-refractivity contribution is 14.0. The summed E-state index contributed by atoms with van der Waals surface area (Å²) in [7, 11) is 0. The van der Waals surface area contributed by atoms with Crippen LogP contribution < -0.4 is 10.6 Å². The fourth-order valence-corrected chi connectivity index (χ4v) is 2.66. The van der Waals surface area contributed by atoms with E-state index in [4.69, 9.17) is 9.26 Å². The second kappa shape index (κ2) is 12.5. The van der Waals surface area contributed by atoms with Crippen molar-refractivity contribution >= 4 is 29.9 Å². The molecule has 1 heterocycles. The number of nitrogens with one attached hydrogen (secondary N) is 2. The van der Waals surface area contributed by atoms with Crippen LogP contribution in [0, 0.1) is 6.92 Å². The molecular weight excluding hydrogens is 421 g/mol. The van der Waals surface area contributed by atoms with Crippen LogP contribution in [0.5, 0.6) is 0 Å². The third-order valence-electron chi connectivity index (χ3n) is 3.81. The highest BCUT2D eigenvalue weighted by atomic mass is 127. The predicted molar refractivity (Wildman–Crippen MR) is 105 cm³/mol. The van der Waals surface area contributed by atoms with E-state index in [1.807, 2.05) is 6.92 Å². The fourth-order valence-electron chi connectivity index (χ4n) is 2.66. The molecule has 1 aromatic heterocycles. The molecule has 0 radical (unpaired) electrons. The zero-order valence-corrected chi connectivity index (χ0v) is 17.0. The van der Waals surface area contributed by atoms with E-state index < -0.39 is 0 Å². The maximum Gasteiger partial charge on any atom is 0.223 e. The van der Waals surface area contributed by atoms with Crippen molar-refractivity contribution in [2.24, 2.45) is 4.99 Å². The van der Waals surface area contributed by atoms with Gasteiger partial charge in [0.15, 0.2) is 11.8 Å². The van der Waals surface area contributed by atoms with Crippen LogP contribution in [-0.2, 0) is 11.3 Å². The number of nitrogens with zero attached hydrogens (tertiary/aromatic N) is 3. The first kappa shape index (κ1) is 21.1. The molecule has 0 atom stereocenters. The summed E-state index contributed by atoms with van der Waals surface area (Å²) in [5.41, 5.74) is 0. The van der Waals surface area contributed by atoms with Crippen molar-refractivity contribution in [3.63, 3.8) is 0 Å². The van der Waals surface area contributed by atoms with Crippen molar-refractivity contribution in [2.45, 2.75) is 65.0 Å². The van der Waals surface area contributed by atoms with Gasteiger partial charge in [0.1, 0.15) is 6.54 Å². The van der Waals surface area contributed by atoms with Crippen LogP contribution >= 0.6 is 24.0 Å². The number of aromatic nitrogens is 2. The van der Waals surface area contributed by atoms with Crippen LogP contribution in [0.3, 0.4) is 0 Å². The summed E-state index contributed by atoms with van der Waals surface area (Å²) in [6, 6.07) is 0. The number of halogens is 1. The number of aryl methyl sites for hydroxylation is 1. The van der Waals surface area contributed by atoms with Gasteiger partial charge < -0.3 is 19.9 Å². The van der Waals surface area contributed by atoms with Crippen molar-refractivity contribution in [1.82, 2.24) is 20.8 Å². The van der Waals surface area contributed by atoms with Crippen molar-refractivity contribution in [1.29, 1.82) is 0 Å². The van der Waals surface area contributed by atoms with Gasteiger partial charge >= 0.3 is 0 Å². The normalized spacial score (nSPS) is 15.8. The Morgan fingerprint density at radius 1 is 1.29 bits per heavy atom. The number of ether oxygens (including phenoxy) is 1. The lowest BCUT2D eigenvalue weighted by Crippen LogP contribution is -2.38. The van der Waals surface area contributed by atoms with Gasteiger partial charge in [-0.05, 0) is 26.2 Å². The van der Waals surface area contributed by atoms with Gasteiger partial charge in [0, 0.05) is 26.6 Å².